The predicted octanol–water partition coefficient (Wildman–Crippen LogP) is 4.79. The molecular formula is C20H23BrN2O3. The number of hydrazone groups is 1. The molecule has 0 radical (unpaired) electrons. The third kappa shape index (κ3) is 5.88. The van der Waals surface area contributed by atoms with Gasteiger partial charge in [-0.15, -0.1) is 0 Å². The van der Waals surface area contributed by atoms with E-state index in [4.69, 9.17) is 9.47 Å². The van der Waals surface area contributed by atoms with Gasteiger partial charge in [-0.2, -0.15) is 5.10 Å². The molecule has 0 fully saturated rings. The zero-order valence-corrected chi connectivity index (χ0v) is 16.6. The minimum atomic E-state index is -0.285. The van der Waals surface area contributed by atoms with Gasteiger partial charge in [-0.3, -0.25) is 4.79 Å². The molecule has 0 unspecified atom stereocenters. The van der Waals surface area contributed by atoms with E-state index < -0.39 is 0 Å². The minimum absolute atomic E-state index is 0.285. The lowest BCUT2D eigenvalue weighted by atomic mass is 10.2. The van der Waals surface area contributed by atoms with E-state index in [1.807, 2.05) is 37.3 Å². The number of ether oxygens (including phenoxy) is 2. The fraction of sp³-hybridized carbons (Fsp3) is 0.300. The van der Waals surface area contributed by atoms with Crippen molar-refractivity contribution in [1.29, 1.82) is 0 Å². The van der Waals surface area contributed by atoms with Crippen LogP contribution in [-0.2, 0) is 0 Å². The summed E-state index contributed by atoms with van der Waals surface area (Å²) in [6.07, 6.45) is 3.41. The Labute approximate surface area is 162 Å². The Morgan fingerprint density at radius 1 is 1.12 bits per heavy atom. The third-order valence-corrected chi connectivity index (χ3v) is 4.10. The Bertz CT molecular complexity index is 762. The van der Waals surface area contributed by atoms with E-state index >= 15 is 0 Å². The number of hydrogen-bond donors (Lipinski definition) is 1. The molecule has 0 aliphatic rings. The van der Waals surface area contributed by atoms with Gasteiger partial charge in [0.15, 0.2) is 0 Å². The molecule has 2 rings (SSSR count). The second kappa shape index (κ2) is 10.6. The van der Waals surface area contributed by atoms with Gasteiger partial charge in [0, 0.05) is 16.1 Å². The molecule has 0 saturated carbocycles. The molecule has 0 aliphatic carbocycles. The highest BCUT2D eigenvalue weighted by Crippen LogP contribution is 2.24. The summed E-state index contributed by atoms with van der Waals surface area (Å²) in [6, 6.07) is 12.8. The van der Waals surface area contributed by atoms with Crippen LogP contribution in [0.2, 0.25) is 0 Å². The first-order valence-electron chi connectivity index (χ1n) is 8.63. The van der Waals surface area contributed by atoms with Gasteiger partial charge in [0.25, 0.3) is 5.91 Å². The zero-order chi connectivity index (χ0) is 18.8. The van der Waals surface area contributed by atoms with Gasteiger partial charge in [0.2, 0.25) is 0 Å². The summed E-state index contributed by atoms with van der Waals surface area (Å²) in [5, 5.41) is 4.05. The zero-order valence-electron chi connectivity index (χ0n) is 15.0. The van der Waals surface area contributed by atoms with Crippen LogP contribution in [0.3, 0.4) is 0 Å². The molecule has 1 N–H and O–H groups in total. The molecule has 0 aliphatic heterocycles. The van der Waals surface area contributed by atoms with Crippen molar-refractivity contribution >= 4 is 28.1 Å². The summed E-state index contributed by atoms with van der Waals surface area (Å²) in [7, 11) is 0. The molecule has 5 nitrogen and oxygen atoms in total. The van der Waals surface area contributed by atoms with Gasteiger partial charge in [0.05, 0.1) is 25.0 Å². The summed E-state index contributed by atoms with van der Waals surface area (Å²) in [5.74, 6) is 1.15. The average Bonchev–Trinajstić information content (AvgIpc) is 2.66. The standard InChI is InChI=1S/C20H23BrN2O3/c1-3-11-25-16-10-9-15(19(13-16)26-12-4-2)14-22-23-20(24)17-7-5-6-8-18(17)21/h5-10,13-14H,3-4,11-12H2,1-2H3,(H,23,24)/b22-14-. The molecule has 0 saturated heterocycles. The monoisotopic (exact) mass is 418 g/mol. The van der Waals surface area contributed by atoms with E-state index in [1.54, 1.807) is 18.3 Å². The maximum atomic E-state index is 12.2. The summed E-state index contributed by atoms with van der Waals surface area (Å²) < 4.78 is 12.1. The molecule has 1 amide bonds. The van der Waals surface area contributed by atoms with E-state index in [-0.39, 0.29) is 5.91 Å². The van der Waals surface area contributed by atoms with Crippen LogP contribution < -0.4 is 14.9 Å². The molecule has 26 heavy (non-hydrogen) atoms. The Kier molecular flexibility index (Phi) is 8.15. The number of nitrogens with one attached hydrogen (secondary N) is 1. The highest BCUT2D eigenvalue weighted by Gasteiger charge is 2.08. The Hall–Kier alpha value is -2.34. The highest BCUT2D eigenvalue weighted by molar-refractivity contribution is 9.10. The predicted molar refractivity (Wildman–Crippen MR) is 107 cm³/mol. The summed E-state index contributed by atoms with van der Waals surface area (Å²) in [4.78, 5) is 12.2. The van der Waals surface area contributed by atoms with Crippen molar-refractivity contribution in [3.63, 3.8) is 0 Å². The van der Waals surface area contributed by atoms with Crippen LogP contribution in [0.25, 0.3) is 0 Å². The normalized spacial score (nSPS) is 10.7. The first-order valence-corrected chi connectivity index (χ1v) is 9.42. The van der Waals surface area contributed by atoms with Gasteiger partial charge >= 0.3 is 0 Å². The maximum absolute atomic E-state index is 12.2. The fourth-order valence-electron chi connectivity index (χ4n) is 2.13. The molecule has 2 aromatic rings. The number of amides is 1. The Morgan fingerprint density at radius 3 is 2.58 bits per heavy atom. The van der Waals surface area contributed by atoms with E-state index in [0.717, 1.165) is 28.6 Å². The molecule has 0 heterocycles. The van der Waals surface area contributed by atoms with Crippen LogP contribution in [0.15, 0.2) is 52.0 Å². The molecule has 2 aromatic carbocycles. The van der Waals surface area contributed by atoms with Gasteiger partial charge in [-0.25, -0.2) is 5.43 Å². The number of benzene rings is 2. The highest BCUT2D eigenvalue weighted by atomic mass is 79.9. The van der Waals surface area contributed by atoms with Crippen LogP contribution in [0.5, 0.6) is 11.5 Å². The molecule has 0 aromatic heterocycles. The van der Waals surface area contributed by atoms with Crippen molar-refractivity contribution in [3.05, 3.63) is 58.1 Å². The smallest absolute Gasteiger partial charge is 0.272 e. The van der Waals surface area contributed by atoms with Gasteiger partial charge in [-0.05, 0) is 53.0 Å². The van der Waals surface area contributed by atoms with Gasteiger partial charge in [-0.1, -0.05) is 26.0 Å². The summed E-state index contributed by atoms with van der Waals surface area (Å²) in [5.41, 5.74) is 3.83. The largest absolute Gasteiger partial charge is 0.493 e. The van der Waals surface area contributed by atoms with Crippen molar-refractivity contribution < 1.29 is 14.3 Å². The van der Waals surface area contributed by atoms with E-state index in [0.29, 0.717) is 24.5 Å². The van der Waals surface area contributed by atoms with Gasteiger partial charge < -0.3 is 9.47 Å². The third-order valence-electron chi connectivity index (χ3n) is 3.41. The summed E-state index contributed by atoms with van der Waals surface area (Å²) in [6.45, 7) is 5.36. The topological polar surface area (TPSA) is 59.9 Å². The van der Waals surface area contributed by atoms with Crippen LogP contribution in [0.4, 0.5) is 0 Å². The van der Waals surface area contributed by atoms with Crippen molar-refractivity contribution in [2.24, 2.45) is 5.10 Å². The number of rotatable bonds is 9. The van der Waals surface area contributed by atoms with Crippen LogP contribution in [0, 0.1) is 0 Å². The van der Waals surface area contributed by atoms with E-state index in [9.17, 15) is 4.79 Å². The Balaban J connectivity index is 2.09. The second-order valence-electron chi connectivity index (χ2n) is 5.58. The molecule has 0 spiro atoms. The molecular weight excluding hydrogens is 396 g/mol. The Morgan fingerprint density at radius 2 is 1.85 bits per heavy atom. The van der Waals surface area contributed by atoms with Gasteiger partial charge in [0.1, 0.15) is 11.5 Å². The van der Waals surface area contributed by atoms with Crippen molar-refractivity contribution in [2.45, 2.75) is 26.7 Å². The lowest BCUT2D eigenvalue weighted by Gasteiger charge is -2.11. The average molecular weight is 419 g/mol. The summed E-state index contributed by atoms with van der Waals surface area (Å²) >= 11 is 3.36. The molecule has 0 bridgehead atoms. The number of carbonyl (C=O) groups excluding carboxylic acids is 1. The molecule has 6 heteroatoms. The van der Waals surface area contributed by atoms with E-state index in [2.05, 4.69) is 33.4 Å². The van der Waals surface area contributed by atoms with Crippen molar-refractivity contribution in [2.75, 3.05) is 13.2 Å². The first-order chi connectivity index (χ1) is 12.7. The lowest BCUT2D eigenvalue weighted by molar-refractivity contribution is 0.0954. The fourth-order valence-corrected chi connectivity index (χ4v) is 2.60. The maximum Gasteiger partial charge on any atom is 0.272 e. The van der Waals surface area contributed by atoms with E-state index in [1.165, 1.54) is 0 Å². The second-order valence-corrected chi connectivity index (χ2v) is 6.43. The first kappa shape index (κ1) is 20.0. The van der Waals surface area contributed by atoms with Crippen molar-refractivity contribution in [1.82, 2.24) is 5.43 Å². The van der Waals surface area contributed by atoms with Crippen molar-refractivity contribution in [3.8, 4) is 11.5 Å². The number of nitrogens with zero attached hydrogens (tertiary/aromatic N) is 1. The quantitative estimate of drug-likeness (QED) is 0.470. The van der Waals surface area contributed by atoms with Crippen LogP contribution >= 0.6 is 15.9 Å². The molecule has 138 valence electrons. The number of halogens is 1. The van der Waals surface area contributed by atoms with Crippen LogP contribution in [-0.4, -0.2) is 25.3 Å². The number of hydrogen-bond acceptors (Lipinski definition) is 4. The lowest BCUT2D eigenvalue weighted by Crippen LogP contribution is -2.18. The van der Waals surface area contributed by atoms with Crippen LogP contribution in [0.1, 0.15) is 42.6 Å². The number of carbonyl (C=O) groups is 1. The minimum Gasteiger partial charge on any atom is -0.493 e. The SMILES string of the molecule is CCCOc1ccc(/C=N\NC(=O)c2ccccc2Br)c(OCCC)c1. The molecule has 0 atom stereocenters.